The molecule has 352 valence electrons. The van der Waals surface area contributed by atoms with Crippen molar-refractivity contribution in [3.63, 3.8) is 0 Å². The summed E-state index contributed by atoms with van der Waals surface area (Å²) in [6.45, 7) is 12.4. The van der Waals surface area contributed by atoms with Crippen molar-refractivity contribution in [1.82, 2.24) is 9.80 Å². The van der Waals surface area contributed by atoms with Crippen LogP contribution in [0.25, 0.3) is 20.5 Å². The van der Waals surface area contributed by atoms with E-state index in [2.05, 4.69) is 84.3 Å². The second-order valence-electron chi connectivity index (χ2n) is 18.6. The average Bonchev–Trinajstić information content (AvgIpc) is 4.02. The Morgan fingerprint density at radius 3 is 1.88 bits per heavy atom. The number of piperidine rings is 1. The first kappa shape index (κ1) is 46.8. The highest BCUT2D eigenvalue weighted by molar-refractivity contribution is 7.22. The van der Waals surface area contributed by atoms with E-state index in [1.54, 1.807) is 49.6 Å². The Morgan fingerprint density at radius 1 is 0.662 bits per heavy atom. The zero-order chi connectivity index (χ0) is 47.0. The van der Waals surface area contributed by atoms with E-state index in [1.165, 1.54) is 73.2 Å². The van der Waals surface area contributed by atoms with Crippen LogP contribution in [-0.2, 0) is 0 Å². The maximum atomic E-state index is 13.6. The van der Waals surface area contributed by atoms with Crippen molar-refractivity contribution in [3.05, 3.63) is 167 Å². The number of ether oxygens (including phenoxy) is 4. The number of phenolic OH excluding ortho intramolecular Hbond substituents is 2. The molecule has 9 nitrogen and oxygen atoms in total. The molecule has 2 fully saturated rings. The number of rotatable bonds is 14. The van der Waals surface area contributed by atoms with Gasteiger partial charge in [0.1, 0.15) is 53.3 Å². The molecule has 6 aromatic carbocycles. The summed E-state index contributed by atoms with van der Waals surface area (Å²) in [5.41, 5.74) is 5.38. The minimum atomic E-state index is -0.393. The number of nitrogens with zero attached hydrogens (tertiary/aromatic N) is 2. The summed E-state index contributed by atoms with van der Waals surface area (Å²) in [5, 5.41) is 20.4. The molecular weight excluding hydrogens is 869 g/mol. The first-order valence-corrected chi connectivity index (χ1v) is 24.9. The molecule has 68 heavy (non-hydrogen) atoms. The number of aromatic hydroxyl groups is 2. The maximum absolute atomic E-state index is 13.6. The van der Waals surface area contributed by atoms with Crippen LogP contribution in [0.2, 0.25) is 0 Å². The van der Waals surface area contributed by atoms with Gasteiger partial charge in [-0.05, 0) is 167 Å². The van der Waals surface area contributed by atoms with Crippen LogP contribution >= 0.6 is 11.3 Å². The maximum Gasteiger partial charge on any atom is 0.195 e. The van der Waals surface area contributed by atoms with Gasteiger partial charge < -0.3 is 29.2 Å². The van der Waals surface area contributed by atoms with Crippen molar-refractivity contribution in [2.75, 3.05) is 59.6 Å². The number of phenols is 2. The van der Waals surface area contributed by atoms with Crippen molar-refractivity contribution < 1.29 is 34.0 Å². The van der Waals surface area contributed by atoms with Crippen LogP contribution < -0.4 is 18.9 Å². The minimum Gasteiger partial charge on any atom is -0.508 e. The second kappa shape index (κ2) is 21.3. The van der Waals surface area contributed by atoms with Gasteiger partial charge in [-0.15, -0.1) is 11.3 Å². The van der Waals surface area contributed by atoms with Crippen LogP contribution in [0.4, 0.5) is 0 Å². The number of carbonyl (C=O) groups excluding carboxylic acids is 1. The summed E-state index contributed by atoms with van der Waals surface area (Å²) < 4.78 is 24.9. The summed E-state index contributed by atoms with van der Waals surface area (Å²) in [4.78, 5) is 19.4. The molecule has 2 saturated heterocycles. The number of likely N-dealkylation sites (tertiary alicyclic amines) is 2. The third-order valence-electron chi connectivity index (χ3n) is 13.6. The summed E-state index contributed by atoms with van der Waals surface area (Å²) >= 11 is 1.46. The quantitative estimate of drug-likeness (QED) is 0.103. The molecule has 1 aromatic heterocycles. The van der Waals surface area contributed by atoms with E-state index in [1.807, 2.05) is 36.4 Å². The SMILES string of the molecule is COc1ccc2c(c1)OC(C)(C)[C@@H](c1ccccc1)[C@@H]2c1ccc(OCCN2CCCC2)cc1.O=C(c1ccc(OCCN2CCCCC2)cc1)c1c(-c2ccc(O)cc2)sc2cc(O)ccc12. The fourth-order valence-electron chi connectivity index (χ4n) is 10.1. The molecule has 0 unspecified atom stereocenters. The van der Waals surface area contributed by atoms with Crippen LogP contribution in [0, 0.1) is 0 Å². The summed E-state index contributed by atoms with van der Waals surface area (Å²) in [6, 6.07) is 44.8. The molecule has 7 aromatic rings. The van der Waals surface area contributed by atoms with Crippen LogP contribution in [0.15, 0.2) is 140 Å². The molecule has 0 bridgehead atoms. The highest BCUT2D eigenvalue weighted by Crippen LogP contribution is 2.53. The molecular formula is C58H62N2O7S. The Bertz CT molecular complexity index is 2760. The molecule has 3 aliphatic heterocycles. The van der Waals surface area contributed by atoms with Crippen LogP contribution in [0.5, 0.6) is 34.5 Å². The Kier molecular flexibility index (Phi) is 14.7. The van der Waals surface area contributed by atoms with Gasteiger partial charge >= 0.3 is 0 Å². The molecule has 0 spiro atoms. The highest BCUT2D eigenvalue weighted by Gasteiger charge is 2.45. The van der Waals surface area contributed by atoms with Gasteiger partial charge in [0.2, 0.25) is 0 Å². The predicted octanol–water partition coefficient (Wildman–Crippen LogP) is 12.3. The first-order valence-electron chi connectivity index (χ1n) is 24.1. The lowest BCUT2D eigenvalue weighted by molar-refractivity contribution is 0.0528. The fraction of sp³-hybridized carbons (Fsp3) is 0.328. The van der Waals surface area contributed by atoms with Gasteiger partial charge in [-0.1, -0.05) is 55.0 Å². The van der Waals surface area contributed by atoms with Crippen LogP contribution in [0.3, 0.4) is 0 Å². The lowest BCUT2D eigenvalue weighted by Crippen LogP contribution is -2.43. The molecule has 0 saturated carbocycles. The Balaban J connectivity index is 0.000000170. The summed E-state index contributed by atoms with van der Waals surface area (Å²) in [6.07, 6.45) is 6.47. The molecule has 10 rings (SSSR count). The number of ketones is 1. The van der Waals surface area contributed by atoms with Crippen LogP contribution in [0.1, 0.15) is 90.4 Å². The van der Waals surface area contributed by atoms with E-state index >= 15 is 0 Å². The Labute approximate surface area is 404 Å². The van der Waals surface area contributed by atoms with Crippen molar-refractivity contribution in [2.24, 2.45) is 0 Å². The molecule has 0 radical (unpaired) electrons. The van der Waals surface area contributed by atoms with E-state index in [4.69, 9.17) is 18.9 Å². The zero-order valence-electron chi connectivity index (χ0n) is 39.4. The third-order valence-corrected chi connectivity index (χ3v) is 14.8. The Morgan fingerprint density at radius 2 is 1.25 bits per heavy atom. The molecule has 4 heterocycles. The van der Waals surface area contributed by atoms with Crippen LogP contribution in [-0.4, -0.2) is 91.0 Å². The molecule has 3 aliphatic rings. The molecule has 2 N–H and O–H groups in total. The van der Waals surface area contributed by atoms with Crippen molar-refractivity contribution >= 4 is 27.2 Å². The van der Waals surface area contributed by atoms with Crippen molar-refractivity contribution in [3.8, 4) is 44.9 Å². The van der Waals surface area contributed by atoms with E-state index in [0.717, 1.165) is 76.3 Å². The number of thiophene rings is 1. The molecule has 0 amide bonds. The lowest BCUT2D eigenvalue weighted by Gasteiger charge is -2.45. The van der Waals surface area contributed by atoms with E-state index in [0.29, 0.717) is 17.7 Å². The lowest BCUT2D eigenvalue weighted by atomic mass is 9.68. The molecule has 2 atom stereocenters. The highest BCUT2D eigenvalue weighted by atomic mass is 32.1. The van der Waals surface area contributed by atoms with E-state index in [-0.39, 0.29) is 29.1 Å². The summed E-state index contributed by atoms with van der Waals surface area (Å²) in [7, 11) is 1.70. The monoisotopic (exact) mass is 930 g/mol. The fourth-order valence-corrected chi connectivity index (χ4v) is 11.3. The van der Waals surface area contributed by atoms with Gasteiger partial charge in [-0.2, -0.15) is 0 Å². The Hall–Kier alpha value is -6.33. The standard InChI is InChI=1S/C30H35NO3.C28H27NO4S/c1-30(2)29(23-9-5-4-6-10-23)28(26-16-15-25(32-3)21-27(26)34-30)22-11-13-24(14-12-22)33-20-19-31-17-7-8-18-31;30-21-8-4-20(5-9-21)28-26(24-13-10-22(31)18-25(24)34-28)27(32)19-6-11-23(12-7-19)33-17-16-29-14-2-1-3-15-29/h4-6,9-16,21,28-29H,7-8,17-20H2,1-3H3;4-13,18,30-31H,1-3,14-17H2/t28-,29+;/m1./s1. The average molecular weight is 931 g/mol. The smallest absolute Gasteiger partial charge is 0.195 e. The second-order valence-corrected chi connectivity index (χ2v) is 19.6. The number of hydrogen-bond acceptors (Lipinski definition) is 10. The molecule has 10 heteroatoms. The van der Waals surface area contributed by atoms with Gasteiger partial charge in [0.15, 0.2) is 5.78 Å². The normalized spacial score (nSPS) is 17.9. The van der Waals surface area contributed by atoms with E-state index in [9.17, 15) is 15.0 Å². The predicted molar refractivity (Wildman–Crippen MR) is 273 cm³/mol. The van der Waals surface area contributed by atoms with Gasteiger partial charge in [-0.3, -0.25) is 14.6 Å². The van der Waals surface area contributed by atoms with Crippen molar-refractivity contribution in [2.45, 2.75) is 63.4 Å². The zero-order valence-corrected chi connectivity index (χ0v) is 40.2. The first-order chi connectivity index (χ1) is 33.1. The van der Waals surface area contributed by atoms with Gasteiger partial charge in [0.05, 0.1) is 7.11 Å². The van der Waals surface area contributed by atoms with E-state index < -0.39 is 5.60 Å². The topological polar surface area (TPSA) is 101 Å². The minimum absolute atomic E-state index is 0.0834. The van der Waals surface area contributed by atoms with Gasteiger partial charge in [0, 0.05) is 62.6 Å². The number of benzene rings is 6. The largest absolute Gasteiger partial charge is 0.508 e. The number of fused-ring (bicyclic) bond motifs is 2. The number of methoxy groups -OCH3 is 1. The van der Waals surface area contributed by atoms with Gasteiger partial charge in [-0.25, -0.2) is 0 Å². The molecule has 0 aliphatic carbocycles. The number of hydrogen-bond donors (Lipinski definition) is 2. The van der Waals surface area contributed by atoms with Crippen molar-refractivity contribution in [1.29, 1.82) is 0 Å². The van der Waals surface area contributed by atoms with Gasteiger partial charge in [0.25, 0.3) is 0 Å². The number of carbonyl (C=O) groups is 1. The summed E-state index contributed by atoms with van der Waals surface area (Å²) in [5.74, 6) is 3.97. The third kappa shape index (κ3) is 10.8.